The maximum absolute atomic E-state index is 12.9. The second-order valence-corrected chi connectivity index (χ2v) is 6.08. The third kappa shape index (κ3) is 3.80. The van der Waals surface area contributed by atoms with Gasteiger partial charge in [-0.3, -0.25) is 4.79 Å². The predicted molar refractivity (Wildman–Crippen MR) is 102 cm³/mol. The van der Waals surface area contributed by atoms with Crippen LogP contribution in [-0.2, 0) is 4.79 Å². The Hall–Kier alpha value is -2.86. The molecule has 1 amide bonds. The molecule has 6 heteroatoms. The van der Waals surface area contributed by atoms with Crippen LogP contribution in [0.4, 0.5) is 5.69 Å². The van der Waals surface area contributed by atoms with E-state index in [1.54, 1.807) is 7.11 Å². The number of ether oxygens (including phenoxy) is 1. The molecule has 2 aromatic rings. The van der Waals surface area contributed by atoms with E-state index in [2.05, 4.69) is 16.0 Å². The van der Waals surface area contributed by atoms with Crippen molar-refractivity contribution in [3.63, 3.8) is 0 Å². The van der Waals surface area contributed by atoms with E-state index in [-0.39, 0.29) is 11.9 Å². The summed E-state index contributed by atoms with van der Waals surface area (Å²) in [5.41, 5.74) is 2.96. The first-order chi connectivity index (χ1) is 12.1. The number of carbonyl (C=O) groups is 1. The number of nitrogens with one attached hydrogen (secondary N) is 3. The van der Waals surface area contributed by atoms with Crippen molar-refractivity contribution in [3.05, 3.63) is 71.4 Å². The normalized spacial score (nSPS) is 16.7. The van der Waals surface area contributed by atoms with Gasteiger partial charge in [-0.05, 0) is 49.0 Å². The third-order valence-corrected chi connectivity index (χ3v) is 4.19. The molecular formula is C19H19N3O2S. The second kappa shape index (κ2) is 7.36. The molecule has 0 saturated heterocycles. The molecule has 1 atom stereocenters. The summed E-state index contributed by atoms with van der Waals surface area (Å²) < 4.78 is 5.30. The number of thiocarbonyl (C=S) groups is 1. The van der Waals surface area contributed by atoms with Crippen LogP contribution >= 0.6 is 12.2 Å². The average Bonchev–Trinajstić information content (AvgIpc) is 2.61. The van der Waals surface area contributed by atoms with Crippen molar-refractivity contribution in [2.24, 2.45) is 0 Å². The number of anilines is 1. The quantitative estimate of drug-likeness (QED) is 0.737. The molecule has 0 radical (unpaired) electrons. The molecule has 3 rings (SSSR count). The molecule has 5 nitrogen and oxygen atoms in total. The Balaban J connectivity index is 1.96. The molecular weight excluding hydrogens is 334 g/mol. The van der Waals surface area contributed by atoms with Crippen LogP contribution in [0.5, 0.6) is 5.75 Å². The maximum Gasteiger partial charge on any atom is 0.255 e. The largest absolute Gasteiger partial charge is 0.497 e. The molecule has 128 valence electrons. The van der Waals surface area contributed by atoms with Gasteiger partial charge in [0.25, 0.3) is 5.91 Å². The number of carbonyl (C=O) groups excluding carboxylic acids is 1. The van der Waals surface area contributed by atoms with Crippen LogP contribution in [0.3, 0.4) is 0 Å². The van der Waals surface area contributed by atoms with Crippen LogP contribution in [0.1, 0.15) is 18.5 Å². The summed E-state index contributed by atoms with van der Waals surface area (Å²) in [6.45, 7) is 1.85. The first kappa shape index (κ1) is 17.0. The van der Waals surface area contributed by atoms with Crippen LogP contribution in [0.15, 0.2) is 65.9 Å². The lowest BCUT2D eigenvalue weighted by Crippen LogP contribution is -2.45. The Kier molecular flexibility index (Phi) is 5.00. The smallest absolute Gasteiger partial charge is 0.255 e. The monoisotopic (exact) mass is 353 g/mol. The molecule has 0 unspecified atom stereocenters. The zero-order valence-electron chi connectivity index (χ0n) is 14.0. The number of hydrogen-bond acceptors (Lipinski definition) is 3. The highest BCUT2D eigenvalue weighted by Crippen LogP contribution is 2.29. The van der Waals surface area contributed by atoms with Crippen LogP contribution in [0, 0.1) is 0 Å². The molecule has 2 aromatic carbocycles. The molecule has 0 saturated carbocycles. The number of amides is 1. The molecule has 0 aliphatic carbocycles. The Morgan fingerprint density at radius 1 is 1.16 bits per heavy atom. The highest BCUT2D eigenvalue weighted by Gasteiger charge is 2.30. The molecule has 1 heterocycles. The molecule has 0 aromatic heterocycles. The molecule has 3 N–H and O–H groups in total. The van der Waals surface area contributed by atoms with E-state index in [0.717, 1.165) is 22.7 Å². The first-order valence-corrected chi connectivity index (χ1v) is 8.28. The Morgan fingerprint density at radius 3 is 2.64 bits per heavy atom. The summed E-state index contributed by atoms with van der Waals surface area (Å²) in [6, 6.07) is 16.6. The highest BCUT2D eigenvalue weighted by atomic mass is 32.1. The van der Waals surface area contributed by atoms with Gasteiger partial charge in [-0.25, -0.2) is 0 Å². The second-order valence-electron chi connectivity index (χ2n) is 5.67. The van der Waals surface area contributed by atoms with Gasteiger partial charge in [0.1, 0.15) is 5.75 Å². The number of benzene rings is 2. The fourth-order valence-corrected chi connectivity index (χ4v) is 3.06. The SMILES string of the molecule is COc1cccc([C@H]2NC(=S)NC(C)=C2C(=O)Nc2ccccc2)c1. The van der Waals surface area contributed by atoms with E-state index in [1.807, 2.05) is 61.5 Å². The summed E-state index contributed by atoms with van der Waals surface area (Å²) >= 11 is 5.27. The van der Waals surface area contributed by atoms with Crippen LogP contribution in [-0.4, -0.2) is 18.1 Å². The van der Waals surface area contributed by atoms with Gasteiger partial charge in [0.15, 0.2) is 5.11 Å². The molecule has 0 fully saturated rings. The third-order valence-electron chi connectivity index (χ3n) is 3.97. The molecule has 25 heavy (non-hydrogen) atoms. The zero-order chi connectivity index (χ0) is 17.8. The van der Waals surface area contributed by atoms with Crippen LogP contribution in [0.25, 0.3) is 0 Å². The summed E-state index contributed by atoms with van der Waals surface area (Å²) in [5, 5.41) is 9.63. The lowest BCUT2D eigenvalue weighted by Gasteiger charge is -2.30. The van der Waals surface area contributed by atoms with Gasteiger partial charge in [0.05, 0.1) is 18.7 Å². The number of methoxy groups -OCH3 is 1. The van der Waals surface area contributed by atoms with E-state index >= 15 is 0 Å². The number of para-hydroxylation sites is 1. The van der Waals surface area contributed by atoms with Gasteiger partial charge in [-0.1, -0.05) is 30.3 Å². The van der Waals surface area contributed by atoms with Crippen molar-refractivity contribution in [1.29, 1.82) is 0 Å². The van der Waals surface area contributed by atoms with Crippen LogP contribution < -0.4 is 20.7 Å². The van der Waals surface area contributed by atoms with E-state index in [4.69, 9.17) is 17.0 Å². The highest BCUT2D eigenvalue weighted by molar-refractivity contribution is 7.80. The number of allylic oxidation sites excluding steroid dienone is 1. The van der Waals surface area contributed by atoms with Gasteiger partial charge in [-0.2, -0.15) is 0 Å². The van der Waals surface area contributed by atoms with Crippen molar-refractivity contribution in [1.82, 2.24) is 10.6 Å². The Labute approximate surface area is 152 Å². The van der Waals surface area contributed by atoms with Gasteiger partial charge in [0.2, 0.25) is 0 Å². The van der Waals surface area contributed by atoms with E-state index in [1.165, 1.54) is 0 Å². The standard InChI is InChI=1S/C19H19N3O2S/c1-12-16(18(23)21-14-8-4-3-5-9-14)17(22-19(25)20-12)13-7-6-10-15(11-13)24-2/h3-11,17H,1-2H3,(H,21,23)(H2,20,22,25)/t17-/m1/s1. The van der Waals surface area contributed by atoms with Crippen molar-refractivity contribution >= 4 is 28.9 Å². The minimum atomic E-state index is -0.354. The fourth-order valence-electron chi connectivity index (χ4n) is 2.79. The lowest BCUT2D eigenvalue weighted by atomic mass is 9.94. The summed E-state index contributed by atoms with van der Waals surface area (Å²) in [4.78, 5) is 12.9. The van der Waals surface area contributed by atoms with E-state index in [9.17, 15) is 4.79 Å². The Morgan fingerprint density at radius 2 is 1.92 bits per heavy atom. The fraction of sp³-hybridized carbons (Fsp3) is 0.158. The summed E-state index contributed by atoms with van der Waals surface area (Å²) in [7, 11) is 1.61. The topological polar surface area (TPSA) is 62.4 Å². The van der Waals surface area contributed by atoms with Crippen molar-refractivity contribution in [2.75, 3.05) is 12.4 Å². The first-order valence-electron chi connectivity index (χ1n) is 7.87. The van der Waals surface area contributed by atoms with Gasteiger partial charge >= 0.3 is 0 Å². The maximum atomic E-state index is 12.9. The predicted octanol–water partition coefficient (Wildman–Crippen LogP) is 3.13. The zero-order valence-corrected chi connectivity index (χ0v) is 14.8. The van der Waals surface area contributed by atoms with Gasteiger partial charge in [0, 0.05) is 11.4 Å². The van der Waals surface area contributed by atoms with E-state index in [0.29, 0.717) is 10.7 Å². The van der Waals surface area contributed by atoms with Crippen molar-refractivity contribution in [2.45, 2.75) is 13.0 Å². The molecule has 1 aliphatic heterocycles. The average molecular weight is 353 g/mol. The summed E-state index contributed by atoms with van der Waals surface area (Å²) in [6.07, 6.45) is 0. The van der Waals surface area contributed by atoms with E-state index < -0.39 is 0 Å². The van der Waals surface area contributed by atoms with Gasteiger partial charge < -0.3 is 20.7 Å². The van der Waals surface area contributed by atoms with Gasteiger partial charge in [-0.15, -0.1) is 0 Å². The van der Waals surface area contributed by atoms with Crippen molar-refractivity contribution < 1.29 is 9.53 Å². The number of rotatable bonds is 4. The van der Waals surface area contributed by atoms with Crippen molar-refractivity contribution in [3.8, 4) is 5.75 Å². The lowest BCUT2D eigenvalue weighted by molar-refractivity contribution is -0.113. The Bertz CT molecular complexity index is 834. The molecule has 1 aliphatic rings. The summed E-state index contributed by atoms with van der Waals surface area (Å²) in [5.74, 6) is 0.545. The van der Waals surface area contributed by atoms with Crippen LogP contribution in [0.2, 0.25) is 0 Å². The molecule has 0 spiro atoms. The minimum Gasteiger partial charge on any atom is -0.497 e. The molecule has 0 bridgehead atoms. The number of hydrogen-bond donors (Lipinski definition) is 3. The minimum absolute atomic E-state index is 0.181.